The van der Waals surface area contributed by atoms with Gasteiger partial charge in [0.05, 0.1) is 25.5 Å². The molecule has 0 unspecified atom stereocenters. The van der Waals surface area contributed by atoms with Crippen molar-refractivity contribution in [2.45, 2.75) is 88.4 Å². The Labute approximate surface area is 299 Å². The first-order chi connectivity index (χ1) is 24.9. The number of rotatable bonds is 14. The van der Waals surface area contributed by atoms with Gasteiger partial charge in [-0.15, -0.1) is 0 Å². The van der Waals surface area contributed by atoms with Crippen LogP contribution >= 0.6 is 0 Å². The Balaban J connectivity index is 1.07. The third-order valence-electron chi connectivity index (χ3n) is 10.3. The molecule has 3 amide bonds. The third-order valence-corrected chi connectivity index (χ3v) is 10.3. The molecule has 3 aromatic rings. The molecule has 12 nitrogen and oxygen atoms in total. The zero-order valence-corrected chi connectivity index (χ0v) is 29.0. The first-order valence-electron chi connectivity index (χ1n) is 18.0. The van der Waals surface area contributed by atoms with Crippen LogP contribution in [0.2, 0.25) is 0 Å². The zero-order valence-electron chi connectivity index (χ0n) is 29.0. The lowest BCUT2D eigenvalue weighted by Crippen LogP contribution is -2.57. The molecule has 5 N–H and O–H groups in total. The van der Waals surface area contributed by atoms with Gasteiger partial charge in [0.2, 0.25) is 17.7 Å². The molecule has 0 aromatic heterocycles. The second-order valence-electron chi connectivity index (χ2n) is 13.7. The number of carbonyl (C=O) groups excluding carboxylic acids is 3. The summed E-state index contributed by atoms with van der Waals surface area (Å²) in [5.41, 5.74) is 5.53. The summed E-state index contributed by atoms with van der Waals surface area (Å²) in [6.45, 7) is 2.74. The van der Waals surface area contributed by atoms with Gasteiger partial charge in [0.25, 0.3) is 0 Å². The molecule has 0 radical (unpaired) electrons. The average molecular weight is 700 g/mol. The average Bonchev–Trinajstić information content (AvgIpc) is 3.48. The highest BCUT2D eigenvalue weighted by Gasteiger charge is 2.50. The summed E-state index contributed by atoms with van der Waals surface area (Å²) in [5, 5.41) is 24.2. The number of likely N-dealkylation sites (tertiary alicyclic amines) is 1. The minimum Gasteiger partial charge on any atom is -0.392 e. The van der Waals surface area contributed by atoms with Crippen LogP contribution in [0.3, 0.4) is 0 Å². The number of aliphatic hydroxyl groups is 1. The van der Waals surface area contributed by atoms with E-state index in [9.17, 15) is 19.5 Å². The number of unbranched alkanes of at least 4 members (excludes halogenated alkanes) is 3. The fraction of sp³-hybridized carbons (Fsp3) is 0.462. The number of ether oxygens (including phenoxy) is 2. The number of anilines is 2. The van der Waals surface area contributed by atoms with Crippen LogP contribution < -0.4 is 21.0 Å². The molecule has 0 saturated carbocycles. The topological polar surface area (TPSA) is 153 Å². The summed E-state index contributed by atoms with van der Waals surface area (Å²) >= 11 is 0. The maximum atomic E-state index is 13.2. The van der Waals surface area contributed by atoms with Crippen molar-refractivity contribution in [1.29, 1.82) is 0 Å². The Morgan fingerprint density at radius 2 is 1.51 bits per heavy atom. The van der Waals surface area contributed by atoms with Gasteiger partial charge in [-0.1, -0.05) is 67.4 Å². The first kappa shape index (κ1) is 36.5. The third kappa shape index (κ3) is 9.13. The standard InChI is InChI=1S/C39H49N5O7/c45-26-28-12-14-29(15-13-28)34-24-33(25-43-22-20-39(21-23-43)38(48)40-27-44(39)32-8-4-3-5-9-32)50-37(51-34)30-16-18-31(19-17-30)41-35(46)10-6-1-2-7-11-36(47)42-49/h3-5,8-9,12-19,33-34,37,45,49H,1-2,6-7,10-11,20-27H2,(H,40,48)(H,41,46)(H,42,47)/t33-,34+,37+/m1/s1. The summed E-state index contributed by atoms with van der Waals surface area (Å²) in [7, 11) is 0. The van der Waals surface area contributed by atoms with Gasteiger partial charge < -0.3 is 35.0 Å². The SMILES string of the molecule is O=C(CCCCCCC(=O)Nc1ccc([C@H]2O[C@@H](CN3CCC4(CC3)C(=O)NCN4c3ccccc3)C[C@@H](c3ccc(CO)cc3)O2)cc1)NO. The normalized spacial score (nSPS) is 21.7. The molecule has 51 heavy (non-hydrogen) atoms. The Morgan fingerprint density at radius 3 is 2.18 bits per heavy atom. The van der Waals surface area contributed by atoms with Crippen LogP contribution in [0.4, 0.5) is 11.4 Å². The van der Waals surface area contributed by atoms with Crippen LogP contribution in [0.15, 0.2) is 78.9 Å². The summed E-state index contributed by atoms with van der Waals surface area (Å²) in [4.78, 5) is 41.5. The summed E-state index contributed by atoms with van der Waals surface area (Å²) < 4.78 is 13.2. The number of para-hydroxylation sites is 1. The van der Waals surface area contributed by atoms with Gasteiger partial charge in [-0.2, -0.15) is 0 Å². The van der Waals surface area contributed by atoms with E-state index in [2.05, 4.69) is 32.6 Å². The van der Waals surface area contributed by atoms with Crippen molar-refractivity contribution in [3.05, 3.63) is 95.6 Å². The number of hydrogen-bond donors (Lipinski definition) is 5. The van der Waals surface area contributed by atoms with Gasteiger partial charge >= 0.3 is 0 Å². The predicted octanol–water partition coefficient (Wildman–Crippen LogP) is 4.94. The highest BCUT2D eigenvalue weighted by molar-refractivity contribution is 5.93. The number of nitrogens with zero attached hydrogens (tertiary/aromatic N) is 2. The monoisotopic (exact) mass is 699 g/mol. The van der Waals surface area contributed by atoms with Crippen LogP contribution in [0.25, 0.3) is 0 Å². The minimum atomic E-state index is -0.616. The van der Waals surface area contributed by atoms with Crippen LogP contribution in [0, 0.1) is 0 Å². The fourth-order valence-corrected chi connectivity index (χ4v) is 7.39. The first-order valence-corrected chi connectivity index (χ1v) is 18.0. The minimum absolute atomic E-state index is 0.0231. The lowest BCUT2D eigenvalue weighted by atomic mass is 9.85. The Kier molecular flexibility index (Phi) is 12.3. The van der Waals surface area contributed by atoms with E-state index in [1.165, 1.54) is 0 Å². The molecule has 3 saturated heterocycles. The molecule has 3 heterocycles. The molecule has 3 aliphatic heterocycles. The summed E-state index contributed by atoms with van der Waals surface area (Å²) in [6.07, 6.45) is 4.83. The molecule has 3 fully saturated rings. The smallest absolute Gasteiger partial charge is 0.247 e. The van der Waals surface area contributed by atoms with E-state index in [-0.39, 0.29) is 37.0 Å². The molecule has 12 heteroatoms. The predicted molar refractivity (Wildman–Crippen MR) is 191 cm³/mol. The molecular weight excluding hydrogens is 650 g/mol. The van der Waals surface area contributed by atoms with E-state index in [4.69, 9.17) is 14.7 Å². The van der Waals surface area contributed by atoms with Gasteiger partial charge in [0.1, 0.15) is 5.54 Å². The zero-order chi connectivity index (χ0) is 35.6. The number of hydrogen-bond acceptors (Lipinski definition) is 9. The highest BCUT2D eigenvalue weighted by Crippen LogP contribution is 2.40. The largest absolute Gasteiger partial charge is 0.392 e. The van der Waals surface area contributed by atoms with Crippen LogP contribution in [0.1, 0.15) is 86.9 Å². The number of aliphatic hydroxyl groups excluding tert-OH is 1. The van der Waals surface area contributed by atoms with Crippen LogP contribution in [-0.2, 0) is 30.5 Å². The van der Waals surface area contributed by atoms with Gasteiger partial charge in [-0.05, 0) is 61.1 Å². The number of amides is 3. The fourth-order valence-electron chi connectivity index (χ4n) is 7.39. The second-order valence-corrected chi connectivity index (χ2v) is 13.7. The molecule has 3 aromatic carbocycles. The molecule has 6 rings (SSSR count). The summed E-state index contributed by atoms with van der Waals surface area (Å²) in [6, 6.07) is 25.5. The molecule has 3 aliphatic rings. The van der Waals surface area contributed by atoms with Gasteiger partial charge in [0.15, 0.2) is 6.29 Å². The maximum absolute atomic E-state index is 13.2. The van der Waals surface area contributed by atoms with Crippen molar-refractivity contribution in [2.75, 3.05) is 36.5 Å². The highest BCUT2D eigenvalue weighted by atomic mass is 16.7. The van der Waals surface area contributed by atoms with Crippen molar-refractivity contribution in [3.8, 4) is 0 Å². The van der Waals surface area contributed by atoms with Crippen molar-refractivity contribution in [2.24, 2.45) is 0 Å². The lowest BCUT2D eigenvalue weighted by Gasteiger charge is -2.45. The Bertz CT molecular complexity index is 1600. The number of carbonyl (C=O) groups is 3. The van der Waals surface area contributed by atoms with E-state index >= 15 is 0 Å². The Morgan fingerprint density at radius 1 is 0.843 bits per heavy atom. The van der Waals surface area contributed by atoms with Crippen LogP contribution in [-0.4, -0.2) is 70.9 Å². The van der Waals surface area contributed by atoms with Crippen molar-refractivity contribution in [1.82, 2.24) is 15.7 Å². The van der Waals surface area contributed by atoms with E-state index in [1.807, 2.05) is 66.7 Å². The quantitative estimate of drug-likeness (QED) is 0.0896. The van der Waals surface area contributed by atoms with Crippen molar-refractivity contribution >= 4 is 29.1 Å². The lowest BCUT2D eigenvalue weighted by molar-refractivity contribution is -0.253. The van der Waals surface area contributed by atoms with E-state index in [0.717, 1.165) is 61.2 Å². The maximum Gasteiger partial charge on any atom is 0.247 e. The van der Waals surface area contributed by atoms with Gasteiger partial charge in [-0.25, -0.2) is 5.48 Å². The molecule has 272 valence electrons. The Hall–Kier alpha value is -4.33. The van der Waals surface area contributed by atoms with Gasteiger partial charge in [0, 0.05) is 55.8 Å². The van der Waals surface area contributed by atoms with E-state index < -0.39 is 17.7 Å². The van der Waals surface area contributed by atoms with Crippen molar-refractivity contribution < 1.29 is 34.2 Å². The van der Waals surface area contributed by atoms with E-state index in [0.29, 0.717) is 44.6 Å². The molecule has 0 aliphatic carbocycles. The molecular formula is C39H49N5O7. The number of hydroxylamine groups is 1. The molecule has 1 spiro atoms. The number of piperidine rings is 1. The molecule has 3 atom stereocenters. The van der Waals surface area contributed by atoms with Gasteiger partial charge in [-0.3, -0.25) is 19.6 Å². The second kappa shape index (κ2) is 17.3. The number of nitrogens with one attached hydrogen (secondary N) is 3. The van der Waals surface area contributed by atoms with Crippen LogP contribution in [0.5, 0.6) is 0 Å². The van der Waals surface area contributed by atoms with E-state index in [1.54, 1.807) is 5.48 Å². The molecule has 0 bridgehead atoms. The van der Waals surface area contributed by atoms with Crippen molar-refractivity contribution in [3.63, 3.8) is 0 Å². The summed E-state index contributed by atoms with van der Waals surface area (Å²) in [5.74, 6) is -0.367. The number of benzene rings is 3.